The minimum atomic E-state index is -4.91. The van der Waals surface area contributed by atoms with E-state index in [0.29, 0.717) is 11.5 Å². The van der Waals surface area contributed by atoms with Crippen LogP contribution in [0.4, 0.5) is 13.2 Å². The smallest absolute Gasteiger partial charge is 0.471 e. The third-order valence-electron chi connectivity index (χ3n) is 4.02. The first-order valence-electron chi connectivity index (χ1n) is 7.66. The quantitative estimate of drug-likeness (QED) is 0.892. The number of rotatable bonds is 4. The van der Waals surface area contributed by atoms with Crippen molar-refractivity contribution in [2.45, 2.75) is 25.1 Å². The molecule has 9 heteroatoms. The number of ether oxygens (including phenoxy) is 2. The number of hydrogen-bond donors (Lipinski definition) is 1. The zero-order valence-corrected chi connectivity index (χ0v) is 13.9. The third-order valence-corrected chi connectivity index (χ3v) is 4.02. The van der Waals surface area contributed by atoms with E-state index in [1.807, 2.05) is 5.32 Å². The monoisotopic (exact) mass is 360 g/mol. The molecular formula is C16H19F3N2O4. The number of carbonyl (C=O) groups excluding carboxylic acids is 2. The summed E-state index contributed by atoms with van der Waals surface area (Å²) in [6.45, 7) is 0.450. The van der Waals surface area contributed by atoms with Gasteiger partial charge in [-0.25, -0.2) is 0 Å². The second-order valence-corrected chi connectivity index (χ2v) is 5.58. The highest BCUT2D eigenvalue weighted by Gasteiger charge is 2.40. The van der Waals surface area contributed by atoms with Gasteiger partial charge in [0.05, 0.1) is 14.2 Å². The molecule has 25 heavy (non-hydrogen) atoms. The minimum Gasteiger partial charge on any atom is -0.496 e. The standard InChI is InChI=1S/C16H19F3N2O4/c1-24-11-4-3-5-12(25-2)13(11)14(22)21-8-6-10(7-9-21)20-15(23)16(17,18)19/h3-5,10H,6-9H2,1-2H3,(H,20,23). The first-order valence-corrected chi connectivity index (χ1v) is 7.66. The van der Waals surface area contributed by atoms with Crippen LogP contribution in [-0.4, -0.2) is 56.2 Å². The maximum Gasteiger partial charge on any atom is 0.471 e. The van der Waals surface area contributed by atoms with Gasteiger partial charge in [0.25, 0.3) is 5.91 Å². The van der Waals surface area contributed by atoms with Crippen LogP contribution in [-0.2, 0) is 4.79 Å². The Morgan fingerprint density at radius 3 is 2.08 bits per heavy atom. The number of carbonyl (C=O) groups is 2. The van der Waals surface area contributed by atoms with E-state index in [1.165, 1.54) is 19.1 Å². The largest absolute Gasteiger partial charge is 0.496 e. The van der Waals surface area contributed by atoms with E-state index in [9.17, 15) is 22.8 Å². The number of methoxy groups -OCH3 is 2. The molecular weight excluding hydrogens is 341 g/mol. The molecule has 138 valence electrons. The van der Waals surface area contributed by atoms with E-state index in [2.05, 4.69) is 0 Å². The topological polar surface area (TPSA) is 67.9 Å². The number of alkyl halides is 3. The van der Waals surface area contributed by atoms with Crippen molar-refractivity contribution < 1.29 is 32.2 Å². The van der Waals surface area contributed by atoms with Gasteiger partial charge in [0, 0.05) is 19.1 Å². The van der Waals surface area contributed by atoms with Gasteiger partial charge in [0.15, 0.2) is 0 Å². The lowest BCUT2D eigenvalue weighted by molar-refractivity contribution is -0.174. The van der Waals surface area contributed by atoms with Crippen molar-refractivity contribution in [3.63, 3.8) is 0 Å². The first-order chi connectivity index (χ1) is 11.8. The van der Waals surface area contributed by atoms with Crippen LogP contribution in [0.15, 0.2) is 18.2 Å². The average Bonchev–Trinajstić information content (AvgIpc) is 2.60. The molecule has 1 N–H and O–H groups in total. The molecule has 0 radical (unpaired) electrons. The molecule has 0 spiro atoms. The summed E-state index contributed by atoms with van der Waals surface area (Å²) >= 11 is 0. The molecule has 1 aliphatic heterocycles. The van der Waals surface area contributed by atoms with Gasteiger partial charge in [-0.2, -0.15) is 13.2 Å². The number of hydrogen-bond acceptors (Lipinski definition) is 4. The zero-order chi connectivity index (χ0) is 18.6. The molecule has 1 heterocycles. The van der Waals surface area contributed by atoms with Crippen molar-refractivity contribution in [2.24, 2.45) is 0 Å². The SMILES string of the molecule is COc1cccc(OC)c1C(=O)N1CCC(NC(=O)C(F)(F)F)CC1. The molecule has 6 nitrogen and oxygen atoms in total. The van der Waals surface area contributed by atoms with Crippen LogP contribution >= 0.6 is 0 Å². The summed E-state index contributed by atoms with van der Waals surface area (Å²) in [6, 6.07) is 4.34. The summed E-state index contributed by atoms with van der Waals surface area (Å²) < 4.78 is 47.3. The Hall–Kier alpha value is -2.45. The minimum absolute atomic E-state index is 0.225. The molecule has 1 aromatic rings. The summed E-state index contributed by atoms with van der Waals surface area (Å²) in [7, 11) is 2.87. The van der Waals surface area contributed by atoms with Crippen molar-refractivity contribution in [3.8, 4) is 11.5 Å². The lowest BCUT2D eigenvalue weighted by Gasteiger charge is -2.33. The number of likely N-dealkylation sites (tertiary alicyclic amines) is 1. The third kappa shape index (κ3) is 4.34. The van der Waals surface area contributed by atoms with Gasteiger partial charge in [-0.05, 0) is 25.0 Å². The van der Waals surface area contributed by atoms with Crippen molar-refractivity contribution in [1.82, 2.24) is 10.2 Å². The molecule has 0 unspecified atom stereocenters. The average molecular weight is 360 g/mol. The molecule has 1 aromatic carbocycles. The zero-order valence-electron chi connectivity index (χ0n) is 13.9. The highest BCUT2D eigenvalue weighted by Crippen LogP contribution is 2.30. The molecule has 1 aliphatic rings. The van der Waals surface area contributed by atoms with Crippen molar-refractivity contribution >= 4 is 11.8 Å². The summed E-state index contributed by atoms with van der Waals surface area (Å²) in [5.41, 5.74) is 0.269. The van der Waals surface area contributed by atoms with Gasteiger partial charge in [0.1, 0.15) is 17.1 Å². The highest BCUT2D eigenvalue weighted by atomic mass is 19.4. The Bertz CT molecular complexity index is 619. The summed E-state index contributed by atoms with van der Waals surface area (Å²) in [4.78, 5) is 25.2. The Balaban J connectivity index is 2.04. The second-order valence-electron chi connectivity index (χ2n) is 5.58. The van der Waals surface area contributed by atoms with Gasteiger partial charge in [-0.1, -0.05) is 6.07 Å². The Morgan fingerprint density at radius 1 is 1.12 bits per heavy atom. The maximum absolute atomic E-state index is 12.7. The van der Waals surface area contributed by atoms with Gasteiger partial charge in [-0.3, -0.25) is 9.59 Å². The molecule has 2 amide bonds. The highest BCUT2D eigenvalue weighted by molar-refractivity contribution is 5.99. The normalized spacial score (nSPS) is 15.6. The van der Waals surface area contributed by atoms with E-state index >= 15 is 0 Å². The Kier molecular flexibility index (Phi) is 5.76. The van der Waals surface area contributed by atoms with Crippen LogP contribution in [0.1, 0.15) is 23.2 Å². The molecule has 0 bridgehead atoms. The maximum atomic E-state index is 12.7. The molecule has 0 aliphatic carbocycles. The van der Waals surface area contributed by atoms with Crippen LogP contribution in [0, 0.1) is 0 Å². The number of amides is 2. The molecule has 1 fully saturated rings. The van der Waals surface area contributed by atoms with Crippen molar-refractivity contribution in [2.75, 3.05) is 27.3 Å². The molecule has 1 saturated heterocycles. The van der Waals surface area contributed by atoms with Crippen LogP contribution < -0.4 is 14.8 Å². The number of halogens is 3. The number of benzene rings is 1. The van der Waals surface area contributed by atoms with Gasteiger partial charge >= 0.3 is 12.1 Å². The Morgan fingerprint density at radius 2 is 1.64 bits per heavy atom. The predicted molar refractivity (Wildman–Crippen MR) is 82.7 cm³/mol. The fourth-order valence-electron chi connectivity index (χ4n) is 2.71. The summed E-state index contributed by atoms with van der Waals surface area (Å²) in [6.07, 6.45) is -4.42. The summed E-state index contributed by atoms with van der Waals surface area (Å²) in [5.74, 6) is -1.56. The molecule has 0 aromatic heterocycles. The van der Waals surface area contributed by atoms with Crippen LogP contribution in [0.25, 0.3) is 0 Å². The van der Waals surface area contributed by atoms with E-state index in [0.717, 1.165) is 0 Å². The van der Waals surface area contributed by atoms with Gasteiger partial charge in [-0.15, -0.1) is 0 Å². The Labute approximate surface area is 142 Å². The van der Waals surface area contributed by atoms with Crippen LogP contribution in [0.2, 0.25) is 0 Å². The number of piperidine rings is 1. The van der Waals surface area contributed by atoms with Crippen molar-refractivity contribution in [3.05, 3.63) is 23.8 Å². The fraction of sp³-hybridized carbons (Fsp3) is 0.500. The van der Waals surface area contributed by atoms with E-state index in [-0.39, 0.29) is 37.4 Å². The lowest BCUT2D eigenvalue weighted by atomic mass is 10.0. The molecule has 2 rings (SSSR count). The first kappa shape index (κ1) is 18.9. The number of nitrogens with one attached hydrogen (secondary N) is 1. The van der Waals surface area contributed by atoms with Crippen LogP contribution in [0.3, 0.4) is 0 Å². The van der Waals surface area contributed by atoms with Gasteiger partial charge in [0.2, 0.25) is 0 Å². The van der Waals surface area contributed by atoms with Gasteiger partial charge < -0.3 is 19.7 Å². The van der Waals surface area contributed by atoms with E-state index in [1.54, 1.807) is 18.2 Å². The summed E-state index contributed by atoms with van der Waals surface area (Å²) in [5, 5.41) is 1.95. The second kappa shape index (κ2) is 7.62. The lowest BCUT2D eigenvalue weighted by Crippen LogP contribution is -2.49. The molecule has 0 saturated carbocycles. The van der Waals surface area contributed by atoms with E-state index in [4.69, 9.17) is 9.47 Å². The number of nitrogens with zero attached hydrogens (tertiary/aromatic N) is 1. The van der Waals surface area contributed by atoms with Crippen LogP contribution in [0.5, 0.6) is 11.5 Å². The predicted octanol–water partition coefficient (Wildman–Crippen LogP) is 1.99. The fourth-order valence-corrected chi connectivity index (χ4v) is 2.71. The van der Waals surface area contributed by atoms with E-state index < -0.39 is 18.1 Å². The molecule has 0 atom stereocenters. The van der Waals surface area contributed by atoms with Crippen molar-refractivity contribution in [1.29, 1.82) is 0 Å².